The van der Waals surface area contributed by atoms with E-state index in [2.05, 4.69) is 15.5 Å². The summed E-state index contributed by atoms with van der Waals surface area (Å²) in [7, 11) is 0. The minimum atomic E-state index is -0.112. The van der Waals surface area contributed by atoms with E-state index < -0.39 is 0 Å². The zero-order valence-electron chi connectivity index (χ0n) is 13.5. The van der Waals surface area contributed by atoms with Crippen molar-refractivity contribution >= 4 is 5.91 Å². The van der Waals surface area contributed by atoms with Crippen LogP contribution in [-0.2, 0) is 4.74 Å². The van der Waals surface area contributed by atoms with Gasteiger partial charge in [0.25, 0.3) is 5.91 Å². The van der Waals surface area contributed by atoms with Crippen LogP contribution in [-0.4, -0.2) is 50.7 Å². The minimum Gasteiger partial charge on any atom is -0.370 e. The molecule has 1 atom stereocenters. The first kappa shape index (κ1) is 15.5. The molecule has 2 aromatic carbocycles. The van der Waals surface area contributed by atoms with Gasteiger partial charge in [-0.15, -0.1) is 5.10 Å². The second-order valence-electron chi connectivity index (χ2n) is 5.79. The van der Waals surface area contributed by atoms with Gasteiger partial charge in [0.05, 0.1) is 24.4 Å². The van der Waals surface area contributed by atoms with Crippen molar-refractivity contribution in [3.63, 3.8) is 0 Å². The van der Waals surface area contributed by atoms with Crippen LogP contribution in [0.5, 0.6) is 0 Å². The first-order valence-corrected chi connectivity index (χ1v) is 8.11. The molecular weight excluding hydrogens is 318 g/mol. The van der Waals surface area contributed by atoms with E-state index in [9.17, 15) is 4.79 Å². The van der Waals surface area contributed by atoms with Crippen LogP contribution >= 0.6 is 0 Å². The van der Waals surface area contributed by atoms with E-state index >= 15 is 0 Å². The molecule has 1 aliphatic heterocycles. The quantitative estimate of drug-likeness (QED) is 0.731. The molecule has 0 saturated carbocycles. The average Bonchev–Trinajstić information content (AvgIpc) is 3.23. The van der Waals surface area contributed by atoms with Crippen LogP contribution in [0, 0.1) is 0 Å². The highest BCUT2D eigenvalue weighted by Gasteiger charge is 2.27. The first-order chi connectivity index (χ1) is 12.3. The fourth-order valence-corrected chi connectivity index (χ4v) is 3.00. The number of aromatic nitrogens is 4. The summed E-state index contributed by atoms with van der Waals surface area (Å²) in [6.45, 7) is 1.59. The molecule has 1 amide bonds. The normalized spacial score (nSPS) is 17.4. The maximum absolute atomic E-state index is 13.1. The van der Waals surface area contributed by atoms with Crippen molar-refractivity contribution in [1.82, 2.24) is 25.1 Å². The van der Waals surface area contributed by atoms with Gasteiger partial charge in [0.1, 0.15) is 12.4 Å². The topological polar surface area (TPSA) is 73.1 Å². The van der Waals surface area contributed by atoms with E-state index in [0.717, 1.165) is 5.56 Å². The van der Waals surface area contributed by atoms with Gasteiger partial charge < -0.3 is 9.64 Å². The average molecular weight is 335 g/mol. The molecule has 0 aliphatic carbocycles. The summed E-state index contributed by atoms with van der Waals surface area (Å²) >= 11 is 0. The number of carbonyl (C=O) groups excluding carboxylic acids is 1. The number of benzene rings is 2. The Morgan fingerprint density at radius 1 is 1.08 bits per heavy atom. The van der Waals surface area contributed by atoms with Crippen LogP contribution in [0.15, 0.2) is 60.9 Å². The number of ether oxygens (including phenoxy) is 1. The smallest absolute Gasteiger partial charge is 0.256 e. The lowest BCUT2D eigenvalue weighted by Gasteiger charge is -2.33. The van der Waals surface area contributed by atoms with E-state index in [0.29, 0.717) is 30.9 Å². The standard InChI is InChI=1S/C18H17N5O2/c24-18(15-8-4-5-9-16(15)23-13-19-20-21-23)22-10-11-25-17(12-22)14-6-2-1-3-7-14/h1-9,13,17H,10-12H2/t17-/m1/s1. The van der Waals surface area contributed by atoms with Crippen LogP contribution in [0.1, 0.15) is 22.0 Å². The van der Waals surface area contributed by atoms with Crippen molar-refractivity contribution in [2.75, 3.05) is 19.7 Å². The Labute approximate surface area is 144 Å². The van der Waals surface area contributed by atoms with Crippen molar-refractivity contribution in [2.24, 2.45) is 0 Å². The highest BCUT2D eigenvalue weighted by molar-refractivity contribution is 5.97. The van der Waals surface area contributed by atoms with E-state index in [1.54, 1.807) is 6.07 Å². The summed E-state index contributed by atoms with van der Waals surface area (Å²) in [4.78, 5) is 14.9. The predicted molar refractivity (Wildman–Crippen MR) is 90.2 cm³/mol. The zero-order valence-corrected chi connectivity index (χ0v) is 13.5. The summed E-state index contributed by atoms with van der Waals surface area (Å²) in [6, 6.07) is 17.3. The van der Waals surface area contributed by atoms with Crippen LogP contribution < -0.4 is 0 Å². The fourth-order valence-electron chi connectivity index (χ4n) is 3.00. The Balaban J connectivity index is 1.59. The summed E-state index contributed by atoms with van der Waals surface area (Å²) in [5, 5.41) is 11.2. The molecular formula is C18H17N5O2. The molecule has 0 bridgehead atoms. The SMILES string of the molecule is O=C(c1ccccc1-n1cnnn1)N1CCO[C@@H](c2ccccc2)C1. The van der Waals surface area contributed by atoms with Gasteiger partial charge in [-0.05, 0) is 28.1 Å². The van der Waals surface area contributed by atoms with Gasteiger partial charge in [0.15, 0.2) is 0 Å². The second kappa shape index (κ2) is 6.82. The van der Waals surface area contributed by atoms with Gasteiger partial charge in [-0.1, -0.05) is 42.5 Å². The lowest BCUT2D eigenvalue weighted by molar-refractivity contribution is -0.0228. The third-order valence-electron chi connectivity index (χ3n) is 4.26. The number of nitrogens with zero attached hydrogens (tertiary/aromatic N) is 5. The molecule has 0 radical (unpaired) electrons. The summed E-state index contributed by atoms with van der Waals surface area (Å²) in [5.74, 6) is -0.0460. The second-order valence-corrected chi connectivity index (χ2v) is 5.79. The molecule has 4 rings (SSSR count). The third kappa shape index (κ3) is 3.14. The van der Waals surface area contributed by atoms with E-state index in [4.69, 9.17) is 4.74 Å². The molecule has 1 saturated heterocycles. The van der Waals surface area contributed by atoms with E-state index in [1.165, 1.54) is 11.0 Å². The fraction of sp³-hybridized carbons (Fsp3) is 0.222. The maximum atomic E-state index is 13.1. The maximum Gasteiger partial charge on any atom is 0.256 e. The molecule has 1 fully saturated rings. The molecule has 2 heterocycles. The molecule has 0 spiro atoms. The van der Waals surface area contributed by atoms with Crippen molar-refractivity contribution in [3.05, 3.63) is 72.1 Å². The molecule has 7 heteroatoms. The number of tetrazole rings is 1. The van der Waals surface area contributed by atoms with Gasteiger partial charge in [-0.25, -0.2) is 0 Å². The van der Waals surface area contributed by atoms with Crippen molar-refractivity contribution in [1.29, 1.82) is 0 Å². The summed E-state index contributed by atoms with van der Waals surface area (Å²) < 4.78 is 7.35. The Morgan fingerprint density at radius 2 is 1.88 bits per heavy atom. The number of para-hydroxylation sites is 1. The molecule has 0 unspecified atom stereocenters. The van der Waals surface area contributed by atoms with Gasteiger partial charge >= 0.3 is 0 Å². The Morgan fingerprint density at radius 3 is 2.68 bits per heavy atom. The Bertz CT molecular complexity index is 851. The monoisotopic (exact) mass is 335 g/mol. The van der Waals surface area contributed by atoms with Crippen LogP contribution in [0.25, 0.3) is 5.69 Å². The van der Waals surface area contributed by atoms with Crippen molar-refractivity contribution < 1.29 is 9.53 Å². The molecule has 1 aromatic heterocycles. The predicted octanol–water partition coefficient (Wildman–Crippen LogP) is 1.88. The number of rotatable bonds is 3. The van der Waals surface area contributed by atoms with Crippen LogP contribution in [0.3, 0.4) is 0 Å². The molecule has 0 N–H and O–H groups in total. The summed E-state index contributed by atoms with van der Waals surface area (Å²) in [5.41, 5.74) is 2.32. The zero-order chi connectivity index (χ0) is 17.1. The number of hydrogen-bond acceptors (Lipinski definition) is 5. The molecule has 3 aromatic rings. The van der Waals surface area contributed by atoms with Crippen molar-refractivity contribution in [3.8, 4) is 5.69 Å². The van der Waals surface area contributed by atoms with Gasteiger partial charge in [0, 0.05) is 6.54 Å². The highest BCUT2D eigenvalue weighted by Crippen LogP contribution is 2.24. The van der Waals surface area contributed by atoms with Gasteiger partial charge in [-0.3, -0.25) is 4.79 Å². The van der Waals surface area contributed by atoms with Crippen LogP contribution in [0.2, 0.25) is 0 Å². The van der Waals surface area contributed by atoms with Gasteiger partial charge in [0.2, 0.25) is 0 Å². The third-order valence-corrected chi connectivity index (χ3v) is 4.26. The molecule has 126 valence electrons. The minimum absolute atomic E-state index is 0.0460. The van der Waals surface area contributed by atoms with E-state index in [1.807, 2.05) is 53.4 Å². The number of amides is 1. The lowest BCUT2D eigenvalue weighted by Crippen LogP contribution is -2.42. The Kier molecular flexibility index (Phi) is 4.22. The lowest BCUT2D eigenvalue weighted by atomic mass is 10.1. The van der Waals surface area contributed by atoms with Gasteiger partial charge in [-0.2, -0.15) is 4.68 Å². The Hall–Kier alpha value is -3.06. The summed E-state index contributed by atoms with van der Waals surface area (Å²) in [6.07, 6.45) is 1.37. The number of carbonyl (C=O) groups is 1. The molecule has 25 heavy (non-hydrogen) atoms. The highest BCUT2D eigenvalue weighted by atomic mass is 16.5. The largest absolute Gasteiger partial charge is 0.370 e. The number of hydrogen-bond donors (Lipinski definition) is 0. The first-order valence-electron chi connectivity index (χ1n) is 8.11. The van der Waals surface area contributed by atoms with E-state index in [-0.39, 0.29) is 12.0 Å². The molecule has 7 nitrogen and oxygen atoms in total. The number of morpholine rings is 1. The molecule has 1 aliphatic rings. The van der Waals surface area contributed by atoms with Crippen molar-refractivity contribution in [2.45, 2.75) is 6.10 Å². The van der Waals surface area contributed by atoms with Crippen LogP contribution in [0.4, 0.5) is 0 Å².